The van der Waals surface area contributed by atoms with E-state index in [1.165, 1.54) is 19.3 Å². The largest absolute Gasteiger partial charge is 0.0625 e. The van der Waals surface area contributed by atoms with Crippen molar-refractivity contribution >= 4 is 0 Å². The van der Waals surface area contributed by atoms with E-state index in [0.29, 0.717) is 0 Å². The average Bonchev–Trinajstić information content (AvgIpc) is 2.36. The van der Waals surface area contributed by atoms with Gasteiger partial charge in [-0.2, -0.15) is 0 Å². The lowest BCUT2D eigenvalue weighted by Gasteiger charge is -2.15. The molecule has 0 saturated heterocycles. The minimum Gasteiger partial charge on any atom is -0.0625 e. The van der Waals surface area contributed by atoms with Crippen molar-refractivity contribution in [3.63, 3.8) is 0 Å². The molecule has 58 valence electrons. The van der Waals surface area contributed by atoms with Crippen LogP contribution in [0.15, 0.2) is 0 Å². The molecular formula is C10H18. The molecule has 0 heteroatoms. The standard InChI is InChI=1S/C10H18/c1-7-4-5-8-9(6-7)10(8,2)3/h7-9H,4-6H2,1-3H3/t7-,8+,9+/m0/s1. The summed E-state index contributed by atoms with van der Waals surface area (Å²) < 4.78 is 0. The second-order valence-electron chi connectivity index (χ2n) is 4.95. The maximum absolute atomic E-state index is 2.44. The molecule has 0 aromatic rings. The van der Waals surface area contributed by atoms with E-state index in [9.17, 15) is 0 Å². The molecule has 2 aliphatic rings. The lowest BCUT2D eigenvalue weighted by Crippen LogP contribution is -2.03. The first kappa shape index (κ1) is 6.69. The van der Waals surface area contributed by atoms with Gasteiger partial charge in [-0.15, -0.1) is 0 Å². The summed E-state index contributed by atoms with van der Waals surface area (Å²) >= 11 is 0. The summed E-state index contributed by atoms with van der Waals surface area (Å²) in [6, 6.07) is 0. The summed E-state index contributed by atoms with van der Waals surface area (Å²) in [5.74, 6) is 3.21. The fourth-order valence-electron chi connectivity index (χ4n) is 2.91. The van der Waals surface area contributed by atoms with Crippen molar-refractivity contribution in [3.05, 3.63) is 0 Å². The minimum absolute atomic E-state index is 0.727. The van der Waals surface area contributed by atoms with Gasteiger partial charge in [-0.3, -0.25) is 0 Å². The SMILES string of the molecule is C[C@H]1CC[C@@H]2[C@@H](C1)C2(C)C. The first-order chi connectivity index (χ1) is 4.62. The summed E-state index contributed by atoms with van der Waals surface area (Å²) in [5, 5.41) is 0. The van der Waals surface area contributed by atoms with Crippen LogP contribution in [0.1, 0.15) is 40.0 Å². The molecule has 0 heterocycles. The maximum atomic E-state index is 2.44. The second-order valence-corrected chi connectivity index (χ2v) is 4.95. The Morgan fingerprint density at radius 2 is 1.80 bits per heavy atom. The highest BCUT2D eigenvalue weighted by Gasteiger charge is 2.58. The van der Waals surface area contributed by atoms with E-state index in [4.69, 9.17) is 0 Å². The monoisotopic (exact) mass is 138 g/mol. The molecule has 0 unspecified atom stereocenters. The van der Waals surface area contributed by atoms with Gasteiger partial charge >= 0.3 is 0 Å². The Bertz CT molecular complexity index is 146. The molecule has 2 rings (SSSR count). The Labute approximate surface area is 64.0 Å². The van der Waals surface area contributed by atoms with E-state index < -0.39 is 0 Å². The Balaban J connectivity index is 2.04. The molecular weight excluding hydrogens is 120 g/mol. The van der Waals surface area contributed by atoms with Crippen molar-refractivity contribution in [1.82, 2.24) is 0 Å². The molecule has 0 aromatic heterocycles. The van der Waals surface area contributed by atoms with Crippen LogP contribution in [0.4, 0.5) is 0 Å². The Kier molecular flexibility index (Phi) is 1.19. The van der Waals surface area contributed by atoms with Crippen LogP contribution < -0.4 is 0 Å². The Morgan fingerprint density at radius 3 is 2.30 bits per heavy atom. The van der Waals surface area contributed by atoms with Gasteiger partial charge in [0.1, 0.15) is 0 Å². The number of fused-ring (bicyclic) bond motifs is 1. The third-order valence-electron chi connectivity index (χ3n) is 3.91. The van der Waals surface area contributed by atoms with Gasteiger partial charge in [0.2, 0.25) is 0 Å². The Hall–Kier alpha value is 0. The van der Waals surface area contributed by atoms with Crippen LogP contribution >= 0.6 is 0 Å². The van der Waals surface area contributed by atoms with E-state index >= 15 is 0 Å². The topological polar surface area (TPSA) is 0 Å². The molecule has 0 aromatic carbocycles. The zero-order valence-electron chi connectivity index (χ0n) is 7.35. The van der Waals surface area contributed by atoms with Gasteiger partial charge in [0.05, 0.1) is 0 Å². The lowest BCUT2D eigenvalue weighted by molar-refractivity contribution is 0.367. The first-order valence-corrected chi connectivity index (χ1v) is 4.62. The quantitative estimate of drug-likeness (QED) is 0.482. The normalized spacial score (nSPS) is 50.1. The molecule has 0 bridgehead atoms. The van der Waals surface area contributed by atoms with Gasteiger partial charge in [-0.25, -0.2) is 0 Å². The molecule has 0 amide bonds. The van der Waals surface area contributed by atoms with E-state index in [2.05, 4.69) is 20.8 Å². The van der Waals surface area contributed by atoms with Crippen molar-refractivity contribution in [2.45, 2.75) is 40.0 Å². The highest BCUT2D eigenvalue weighted by atomic mass is 14.6. The van der Waals surface area contributed by atoms with Gasteiger partial charge in [0, 0.05) is 0 Å². The zero-order valence-corrected chi connectivity index (χ0v) is 7.35. The highest BCUT2D eigenvalue weighted by Crippen LogP contribution is 2.65. The van der Waals surface area contributed by atoms with Crippen LogP contribution in [0, 0.1) is 23.2 Å². The molecule has 2 aliphatic carbocycles. The fourth-order valence-corrected chi connectivity index (χ4v) is 2.91. The molecule has 2 fully saturated rings. The van der Waals surface area contributed by atoms with Gasteiger partial charge in [0.15, 0.2) is 0 Å². The minimum atomic E-state index is 0.727. The van der Waals surface area contributed by atoms with Gasteiger partial charge in [-0.1, -0.05) is 27.2 Å². The number of hydrogen-bond acceptors (Lipinski definition) is 0. The molecule has 3 atom stereocenters. The first-order valence-electron chi connectivity index (χ1n) is 4.62. The van der Waals surface area contributed by atoms with Crippen LogP contribution in [0.2, 0.25) is 0 Å². The van der Waals surface area contributed by atoms with Crippen LogP contribution in [-0.2, 0) is 0 Å². The third-order valence-corrected chi connectivity index (χ3v) is 3.91. The lowest BCUT2D eigenvalue weighted by atomic mass is 9.91. The molecule has 0 radical (unpaired) electrons. The van der Waals surface area contributed by atoms with Crippen molar-refractivity contribution in [2.75, 3.05) is 0 Å². The molecule has 10 heavy (non-hydrogen) atoms. The Morgan fingerprint density at radius 1 is 1.10 bits per heavy atom. The van der Waals surface area contributed by atoms with E-state index in [1.807, 2.05) is 0 Å². The summed E-state index contributed by atoms with van der Waals surface area (Å²) in [6.07, 6.45) is 4.51. The van der Waals surface area contributed by atoms with Gasteiger partial charge < -0.3 is 0 Å². The molecule has 0 nitrogen and oxygen atoms in total. The molecule has 2 saturated carbocycles. The number of rotatable bonds is 0. The van der Waals surface area contributed by atoms with Crippen LogP contribution in [0.5, 0.6) is 0 Å². The van der Waals surface area contributed by atoms with Crippen molar-refractivity contribution in [3.8, 4) is 0 Å². The summed E-state index contributed by atoms with van der Waals surface area (Å²) in [7, 11) is 0. The predicted octanol–water partition coefficient (Wildman–Crippen LogP) is 3.08. The highest BCUT2D eigenvalue weighted by molar-refractivity contribution is 5.07. The smallest absolute Gasteiger partial charge is 0.0292 e. The zero-order chi connectivity index (χ0) is 7.35. The van der Waals surface area contributed by atoms with Crippen LogP contribution in [0.25, 0.3) is 0 Å². The van der Waals surface area contributed by atoms with Crippen LogP contribution in [-0.4, -0.2) is 0 Å². The fraction of sp³-hybridized carbons (Fsp3) is 1.00. The van der Waals surface area contributed by atoms with Gasteiger partial charge in [-0.05, 0) is 36.0 Å². The summed E-state index contributed by atoms with van der Waals surface area (Å²) in [5.41, 5.74) is 0.727. The predicted molar refractivity (Wildman–Crippen MR) is 43.8 cm³/mol. The molecule has 0 spiro atoms. The number of hydrogen-bond donors (Lipinski definition) is 0. The van der Waals surface area contributed by atoms with E-state index in [1.54, 1.807) is 0 Å². The van der Waals surface area contributed by atoms with E-state index in [0.717, 1.165) is 23.2 Å². The average molecular weight is 138 g/mol. The molecule has 0 aliphatic heterocycles. The second kappa shape index (κ2) is 1.78. The molecule has 0 N–H and O–H groups in total. The van der Waals surface area contributed by atoms with Gasteiger partial charge in [0.25, 0.3) is 0 Å². The third kappa shape index (κ3) is 0.741. The summed E-state index contributed by atoms with van der Waals surface area (Å²) in [4.78, 5) is 0. The van der Waals surface area contributed by atoms with Crippen molar-refractivity contribution in [1.29, 1.82) is 0 Å². The van der Waals surface area contributed by atoms with E-state index in [-0.39, 0.29) is 0 Å². The van der Waals surface area contributed by atoms with Crippen LogP contribution in [0.3, 0.4) is 0 Å². The van der Waals surface area contributed by atoms with Crippen molar-refractivity contribution in [2.24, 2.45) is 23.2 Å². The van der Waals surface area contributed by atoms with Crippen molar-refractivity contribution < 1.29 is 0 Å². The maximum Gasteiger partial charge on any atom is -0.0292 e. The summed E-state index contributed by atoms with van der Waals surface area (Å²) in [6.45, 7) is 7.30.